The van der Waals surface area contributed by atoms with Crippen LogP contribution in [-0.2, 0) is 4.74 Å². The third kappa shape index (κ3) is 3.85. The molecule has 0 aliphatic carbocycles. The van der Waals surface area contributed by atoms with Crippen molar-refractivity contribution in [3.05, 3.63) is 0 Å². The minimum atomic E-state index is -0.397. The van der Waals surface area contributed by atoms with Gasteiger partial charge in [-0.25, -0.2) is 4.79 Å². The largest absolute Gasteiger partial charge is 0.444 e. The van der Waals surface area contributed by atoms with E-state index in [2.05, 4.69) is 10.2 Å². The lowest BCUT2D eigenvalue weighted by Gasteiger charge is -2.39. The van der Waals surface area contributed by atoms with Crippen LogP contribution in [0, 0.1) is 5.92 Å². The van der Waals surface area contributed by atoms with Gasteiger partial charge in [-0.05, 0) is 26.7 Å². The van der Waals surface area contributed by atoms with Crippen molar-refractivity contribution in [3.63, 3.8) is 0 Å². The summed E-state index contributed by atoms with van der Waals surface area (Å²) in [5.41, 5.74) is -0.397. The summed E-state index contributed by atoms with van der Waals surface area (Å²) in [6.07, 6.45) is -0.174. The van der Waals surface area contributed by atoms with E-state index in [0.717, 1.165) is 51.7 Å². The molecule has 2 rings (SSSR count). The summed E-state index contributed by atoms with van der Waals surface area (Å²) >= 11 is 0. The fraction of sp³-hybridized carbons (Fsp3) is 0.923. The molecular formula is C13H25N3O2. The second kappa shape index (κ2) is 5.45. The first-order chi connectivity index (χ1) is 8.44. The van der Waals surface area contributed by atoms with Gasteiger partial charge in [0.25, 0.3) is 0 Å². The van der Waals surface area contributed by atoms with E-state index in [0.29, 0.717) is 0 Å². The molecule has 1 N–H and O–H groups in total. The van der Waals surface area contributed by atoms with E-state index in [1.165, 1.54) is 0 Å². The van der Waals surface area contributed by atoms with Crippen LogP contribution in [0.3, 0.4) is 0 Å². The van der Waals surface area contributed by atoms with Gasteiger partial charge in [-0.2, -0.15) is 0 Å². The topological polar surface area (TPSA) is 44.8 Å². The smallest absolute Gasteiger partial charge is 0.410 e. The Bertz CT molecular complexity index is 289. The third-order valence-corrected chi connectivity index (χ3v) is 3.41. The zero-order valence-electron chi connectivity index (χ0n) is 11.7. The summed E-state index contributed by atoms with van der Waals surface area (Å²) in [6, 6.07) is 0. The Morgan fingerprint density at radius 2 is 1.83 bits per heavy atom. The van der Waals surface area contributed by atoms with E-state index in [1.54, 1.807) is 0 Å². The van der Waals surface area contributed by atoms with Crippen LogP contribution in [0.1, 0.15) is 20.8 Å². The van der Waals surface area contributed by atoms with Gasteiger partial charge in [0.2, 0.25) is 0 Å². The van der Waals surface area contributed by atoms with Crippen molar-refractivity contribution in [1.29, 1.82) is 0 Å². The van der Waals surface area contributed by atoms with Crippen molar-refractivity contribution in [1.82, 2.24) is 15.1 Å². The monoisotopic (exact) mass is 255 g/mol. The number of rotatable bonds is 2. The fourth-order valence-electron chi connectivity index (χ4n) is 2.28. The molecular weight excluding hydrogens is 230 g/mol. The molecule has 2 aliphatic heterocycles. The maximum absolute atomic E-state index is 11.9. The SMILES string of the molecule is CC(C)(C)OC(=O)N1CCN(CC2CNC2)CC1. The Morgan fingerprint density at radius 1 is 1.22 bits per heavy atom. The molecule has 2 heterocycles. The van der Waals surface area contributed by atoms with Gasteiger partial charge in [0, 0.05) is 45.8 Å². The number of nitrogens with one attached hydrogen (secondary N) is 1. The van der Waals surface area contributed by atoms with E-state index in [-0.39, 0.29) is 6.09 Å². The van der Waals surface area contributed by atoms with Crippen LogP contribution in [0.2, 0.25) is 0 Å². The lowest BCUT2D eigenvalue weighted by atomic mass is 10.0. The zero-order chi connectivity index (χ0) is 13.2. The van der Waals surface area contributed by atoms with E-state index < -0.39 is 5.60 Å². The van der Waals surface area contributed by atoms with Gasteiger partial charge in [-0.3, -0.25) is 4.90 Å². The van der Waals surface area contributed by atoms with Gasteiger partial charge in [-0.1, -0.05) is 0 Å². The molecule has 0 spiro atoms. The van der Waals surface area contributed by atoms with Crippen molar-refractivity contribution >= 4 is 6.09 Å². The predicted octanol–water partition coefficient (Wildman–Crippen LogP) is 0.759. The number of hydrogen-bond acceptors (Lipinski definition) is 4. The van der Waals surface area contributed by atoms with Crippen LogP contribution in [0.5, 0.6) is 0 Å². The van der Waals surface area contributed by atoms with E-state index in [1.807, 2.05) is 25.7 Å². The average Bonchev–Trinajstić information content (AvgIpc) is 2.22. The Hall–Kier alpha value is -0.810. The lowest BCUT2D eigenvalue weighted by Crippen LogP contribution is -2.54. The molecule has 5 nitrogen and oxygen atoms in total. The molecule has 5 heteroatoms. The number of hydrogen-bond donors (Lipinski definition) is 1. The summed E-state index contributed by atoms with van der Waals surface area (Å²) in [4.78, 5) is 16.2. The predicted molar refractivity (Wildman–Crippen MR) is 70.6 cm³/mol. The van der Waals surface area contributed by atoms with Gasteiger partial charge in [0.1, 0.15) is 5.60 Å². The third-order valence-electron chi connectivity index (χ3n) is 3.41. The van der Waals surface area contributed by atoms with Crippen molar-refractivity contribution < 1.29 is 9.53 Å². The first-order valence-electron chi connectivity index (χ1n) is 6.85. The van der Waals surface area contributed by atoms with E-state index >= 15 is 0 Å². The molecule has 2 aliphatic rings. The van der Waals surface area contributed by atoms with Crippen molar-refractivity contribution in [2.45, 2.75) is 26.4 Å². The Balaban J connectivity index is 1.70. The summed E-state index contributed by atoms with van der Waals surface area (Å²) in [5.74, 6) is 0.804. The molecule has 1 amide bonds. The summed E-state index contributed by atoms with van der Waals surface area (Å²) < 4.78 is 5.38. The number of piperazine rings is 1. The molecule has 0 radical (unpaired) electrons. The Labute approximate surface area is 109 Å². The van der Waals surface area contributed by atoms with Crippen molar-refractivity contribution in [2.75, 3.05) is 45.8 Å². The van der Waals surface area contributed by atoms with E-state index in [4.69, 9.17) is 4.74 Å². The molecule has 0 aromatic heterocycles. The standard InChI is InChI=1S/C13H25N3O2/c1-13(2,3)18-12(17)16-6-4-15(5-7-16)10-11-8-14-9-11/h11,14H,4-10H2,1-3H3. The highest BCUT2D eigenvalue weighted by molar-refractivity contribution is 5.68. The molecule has 0 bridgehead atoms. The van der Waals surface area contributed by atoms with Crippen LogP contribution in [0.4, 0.5) is 4.79 Å². The quantitative estimate of drug-likeness (QED) is 0.791. The van der Waals surface area contributed by atoms with Gasteiger partial charge < -0.3 is 15.0 Å². The van der Waals surface area contributed by atoms with Gasteiger partial charge >= 0.3 is 6.09 Å². The van der Waals surface area contributed by atoms with Crippen LogP contribution in [-0.4, -0.2) is 67.3 Å². The summed E-state index contributed by atoms with van der Waals surface area (Å²) in [7, 11) is 0. The highest BCUT2D eigenvalue weighted by atomic mass is 16.6. The number of carbonyl (C=O) groups excluding carboxylic acids is 1. The summed E-state index contributed by atoms with van der Waals surface area (Å²) in [5, 5.41) is 3.29. The fourth-order valence-corrected chi connectivity index (χ4v) is 2.28. The molecule has 0 atom stereocenters. The minimum absolute atomic E-state index is 0.174. The van der Waals surface area contributed by atoms with Crippen LogP contribution in [0.25, 0.3) is 0 Å². The first-order valence-corrected chi connectivity index (χ1v) is 6.85. The molecule has 0 aromatic rings. The highest BCUT2D eigenvalue weighted by Gasteiger charge is 2.27. The van der Waals surface area contributed by atoms with Crippen molar-refractivity contribution in [2.24, 2.45) is 5.92 Å². The molecule has 2 saturated heterocycles. The van der Waals surface area contributed by atoms with E-state index in [9.17, 15) is 4.79 Å². The maximum Gasteiger partial charge on any atom is 0.410 e. The molecule has 2 fully saturated rings. The van der Waals surface area contributed by atoms with Crippen LogP contribution >= 0.6 is 0 Å². The van der Waals surface area contributed by atoms with Gasteiger partial charge in [0.05, 0.1) is 0 Å². The average molecular weight is 255 g/mol. The van der Waals surface area contributed by atoms with Gasteiger partial charge in [-0.15, -0.1) is 0 Å². The number of nitrogens with zero attached hydrogens (tertiary/aromatic N) is 2. The Kier molecular flexibility index (Phi) is 4.12. The summed E-state index contributed by atoms with van der Waals surface area (Å²) in [6.45, 7) is 12.7. The first kappa shape index (κ1) is 13.6. The minimum Gasteiger partial charge on any atom is -0.444 e. The van der Waals surface area contributed by atoms with Crippen molar-refractivity contribution in [3.8, 4) is 0 Å². The second-order valence-electron chi connectivity index (χ2n) is 6.29. The molecule has 0 aromatic carbocycles. The number of carbonyl (C=O) groups is 1. The molecule has 0 saturated carbocycles. The normalized spacial score (nSPS) is 22.7. The lowest BCUT2D eigenvalue weighted by molar-refractivity contribution is 0.0126. The zero-order valence-corrected chi connectivity index (χ0v) is 11.7. The number of ether oxygens (including phenoxy) is 1. The molecule has 0 unspecified atom stereocenters. The second-order valence-corrected chi connectivity index (χ2v) is 6.29. The molecule has 18 heavy (non-hydrogen) atoms. The number of amides is 1. The van der Waals surface area contributed by atoms with Crippen LogP contribution < -0.4 is 5.32 Å². The van der Waals surface area contributed by atoms with Gasteiger partial charge in [0.15, 0.2) is 0 Å². The maximum atomic E-state index is 11.9. The highest BCUT2D eigenvalue weighted by Crippen LogP contribution is 2.13. The molecule has 104 valence electrons. The van der Waals surface area contributed by atoms with Crippen LogP contribution in [0.15, 0.2) is 0 Å². The Morgan fingerprint density at radius 3 is 2.28 bits per heavy atom.